The first-order valence-electron chi connectivity index (χ1n) is 14.2. The van der Waals surface area contributed by atoms with Gasteiger partial charge in [0.25, 0.3) is 0 Å². The quantitative estimate of drug-likeness (QED) is 0.197. The number of nitrogens with zero attached hydrogens (tertiary/aromatic N) is 7. The van der Waals surface area contributed by atoms with Crippen LogP contribution in [0.15, 0.2) is 54.6 Å². The molecule has 0 unspecified atom stereocenters. The van der Waals surface area contributed by atoms with Gasteiger partial charge in [-0.1, -0.05) is 17.7 Å². The molecule has 0 bridgehead atoms. The van der Waals surface area contributed by atoms with E-state index in [1.165, 1.54) is 6.07 Å². The summed E-state index contributed by atoms with van der Waals surface area (Å²) in [6, 6.07) is 19.7. The fourth-order valence-corrected chi connectivity index (χ4v) is 5.98. The van der Waals surface area contributed by atoms with Crippen molar-refractivity contribution in [2.75, 3.05) is 41.3 Å². The van der Waals surface area contributed by atoms with Crippen molar-refractivity contribution in [2.24, 2.45) is 0 Å². The third kappa shape index (κ3) is 5.57. The summed E-state index contributed by atoms with van der Waals surface area (Å²) >= 11 is 5.95. The van der Waals surface area contributed by atoms with Crippen LogP contribution in [0.25, 0.3) is 21.8 Å². The second-order valence-electron chi connectivity index (χ2n) is 10.9. The number of nitriles is 2. The number of fused-ring (bicyclic) bond motifs is 2. The minimum Gasteiger partial charge on any atom is -0.508 e. The van der Waals surface area contributed by atoms with Gasteiger partial charge in [-0.15, -0.1) is 0 Å². The molecule has 0 aliphatic carbocycles. The maximum Gasteiger partial charge on any atom is 0.356 e. The molecular weight excluding hydrogens is 592 g/mol. The summed E-state index contributed by atoms with van der Waals surface area (Å²) in [5.41, 5.74) is 4.70. The molecule has 1 atom stereocenters. The maximum absolute atomic E-state index is 11.8. The fraction of sp³-hybridized carbons (Fsp3) is 0.212. The SMILES string of the molecule is Cc1cc([C@@H](C)Nc2ccc(Cl)nc2C(=O)O)c2nc(N3CCN(c4ccc(C#N)c5cc(O)ccc45)CC3)c(C#N)nc2c1. The summed E-state index contributed by atoms with van der Waals surface area (Å²) in [6.45, 7) is 6.23. The van der Waals surface area contributed by atoms with Crippen LogP contribution in [0.4, 0.5) is 17.2 Å². The lowest BCUT2D eigenvalue weighted by atomic mass is 10.0. The largest absolute Gasteiger partial charge is 0.508 e. The monoisotopic (exact) mass is 618 g/mol. The summed E-state index contributed by atoms with van der Waals surface area (Å²) in [5, 5.41) is 44.2. The Bertz CT molecular complexity index is 2080. The van der Waals surface area contributed by atoms with Gasteiger partial charge in [0.15, 0.2) is 17.2 Å². The fourth-order valence-electron chi connectivity index (χ4n) is 5.83. The highest BCUT2D eigenvalue weighted by Gasteiger charge is 2.25. The van der Waals surface area contributed by atoms with E-state index in [0.717, 1.165) is 22.2 Å². The number of phenols is 1. The number of halogens is 1. The van der Waals surface area contributed by atoms with E-state index in [1.807, 2.05) is 43.0 Å². The minimum absolute atomic E-state index is 0.0814. The smallest absolute Gasteiger partial charge is 0.356 e. The zero-order valence-corrected chi connectivity index (χ0v) is 25.2. The zero-order valence-electron chi connectivity index (χ0n) is 24.4. The van der Waals surface area contributed by atoms with E-state index in [2.05, 4.69) is 27.3 Å². The second kappa shape index (κ2) is 11.8. The second-order valence-corrected chi connectivity index (χ2v) is 11.3. The first-order chi connectivity index (χ1) is 21.7. The number of rotatable bonds is 6. The van der Waals surface area contributed by atoms with Crippen molar-refractivity contribution in [3.8, 4) is 17.9 Å². The van der Waals surface area contributed by atoms with Crippen LogP contribution in [0.3, 0.4) is 0 Å². The topological polar surface area (TPSA) is 162 Å². The van der Waals surface area contributed by atoms with Crippen molar-refractivity contribution in [3.05, 3.63) is 87.8 Å². The molecule has 1 saturated heterocycles. The van der Waals surface area contributed by atoms with Crippen LogP contribution in [0.1, 0.15) is 45.8 Å². The van der Waals surface area contributed by atoms with E-state index >= 15 is 0 Å². The van der Waals surface area contributed by atoms with Gasteiger partial charge in [-0.3, -0.25) is 0 Å². The number of carboxylic acids is 1. The Morgan fingerprint density at radius 1 is 0.956 bits per heavy atom. The van der Waals surface area contributed by atoms with Crippen LogP contribution in [0, 0.1) is 29.6 Å². The predicted molar refractivity (Wildman–Crippen MR) is 172 cm³/mol. The first-order valence-corrected chi connectivity index (χ1v) is 14.6. The summed E-state index contributed by atoms with van der Waals surface area (Å²) < 4.78 is 0. The average molecular weight is 619 g/mol. The number of benzene rings is 3. The summed E-state index contributed by atoms with van der Waals surface area (Å²) in [4.78, 5) is 29.7. The van der Waals surface area contributed by atoms with Crippen molar-refractivity contribution in [3.63, 3.8) is 0 Å². The van der Waals surface area contributed by atoms with E-state index in [-0.39, 0.29) is 28.3 Å². The number of phenolic OH excluding ortho intramolecular Hbond substituents is 1. The molecule has 11 nitrogen and oxygen atoms in total. The minimum atomic E-state index is -1.20. The van der Waals surface area contributed by atoms with E-state index in [9.17, 15) is 25.5 Å². The molecule has 1 aliphatic heterocycles. The average Bonchev–Trinajstić information content (AvgIpc) is 3.03. The number of nitrogens with one attached hydrogen (secondary N) is 1. The summed E-state index contributed by atoms with van der Waals surface area (Å²) in [5.74, 6) is -0.615. The number of aromatic hydroxyl groups is 1. The van der Waals surface area contributed by atoms with Gasteiger partial charge >= 0.3 is 5.97 Å². The van der Waals surface area contributed by atoms with Gasteiger partial charge in [-0.05, 0) is 67.9 Å². The lowest BCUT2D eigenvalue weighted by Crippen LogP contribution is -2.47. The van der Waals surface area contributed by atoms with Crippen LogP contribution in [0.2, 0.25) is 5.15 Å². The maximum atomic E-state index is 11.8. The highest BCUT2D eigenvalue weighted by molar-refractivity contribution is 6.29. The number of aromatic carboxylic acids is 1. The molecule has 1 fully saturated rings. The highest BCUT2D eigenvalue weighted by Crippen LogP contribution is 2.34. The molecule has 3 aromatic carbocycles. The van der Waals surface area contributed by atoms with Crippen molar-refractivity contribution in [2.45, 2.75) is 19.9 Å². The van der Waals surface area contributed by atoms with Crippen LogP contribution in [-0.4, -0.2) is 57.3 Å². The molecule has 0 spiro atoms. The van der Waals surface area contributed by atoms with Crippen molar-refractivity contribution in [1.29, 1.82) is 10.5 Å². The number of anilines is 3. The van der Waals surface area contributed by atoms with E-state index < -0.39 is 5.97 Å². The molecule has 3 heterocycles. The molecule has 2 aromatic heterocycles. The number of pyridine rings is 1. The van der Waals surface area contributed by atoms with Gasteiger partial charge in [-0.25, -0.2) is 19.7 Å². The molecule has 0 saturated carbocycles. The van der Waals surface area contributed by atoms with E-state index in [1.54, 1.807) is 24.3 Å². The number of piperazine rings is 1. The van der Waals surface area contributed by atoms with Gasteiger partial charge in [0, 0.05) is 48.2 Å². The Morgan fingerprint density at radius 2 is 1.71 bits per heavy atom. The van der Waals surface area contributed by atoms with Gasteiger partial charge in [-0.2, -0.15) is 10.5 Å². The van der Waals surface area contributed by atoms with Crippen LogP contribution >= 0.6 is 11.6 Å². The lowest BCUT2D eigenvalue weighted by molar-refractivity contribution is 0.0691. The van der Waals surface area contributed by atoms with Gasteiger partial charge < -0.3 is 25.3 Å². The van der Waals surface area contributed by atoms with Crippen molar-refractivity contribution >= 4 is 56.6 Å². The standard InChI is InChI=1S/C33H27ClN8O3/c1-18-13-23(19(2)37-25-6-8-29(34)39-31(25)33(44)45)30-26(14-18)38-27(17-36)32(40-30)42-11-9-41(10-12-42)28-7-3-20(16-35)24-15-21(43)4-5-22(24)28/h3-8,13-15,19,37,43H,9-12H2,1-2H3,(H,44,45)/t19-/m1/s1. The molecule has 1 aliphatic rings. The molecule has 0 radical (unpaired) electrons. The van der Waals surface area contributed by atoms with Crippen LogP contribution < -0.4 is 15.1 Å². The summed E-state index contributed by atoms with van der Waals surface area (Å²) in [6.07, 6.45) is 0. The molecule has 45 heavy (non-hydrogen) atoms. The Morgan fingerprint density at radius 3 is 2.42 bits per heavy atom. The summed E-state index contributed by atoms with van der Waals surface area (Å²) in [7, 11) is 0. The Labute approximate surface area is 263 Å². The van der Waals surface area contributed by atoms with Crippen molar-refractivity contribution < 1.29 is 15.0 Å². The molecule has 5 aromatic rings. The number of aryl methyl sites for hydroxylation is 1. The molecule has 224 valence electrons. The Hall–Kier alpha value is -5.65. The number of aromatic nitrogens is 3. The van der Waals surface area contributed by atoms with Crippen LogP contribution in [-0.2, 0) is 0 Å². The van der Waals surface area contributed by atoms with Gasteiger partial charge in [0.05, 0.1) is 34.4 Å². The first kappa shape index (κ1) is 29.4. The third-order valence-electron chi connectivity index (χ3n) is 7.95. The molecule has 3 N–H and O–H groups in total. The molecular formula is C33H27ClN8O3. The van der Waals surface area contributed by atoms with Gasteiger partial charge in [0.2, 0.25) is 0 Å². The zero-order chi connectivity index (χ0) is 31.8. The highest BCUT2D eigenvalue weighted by atomic mass is 35.5. The molecule has 6 rings (SSSR count). The number of carboxylic acid groups (broad SMARTS) is 1. The predicted octanol–water partition coefficient (Wildman–Crippen LogP) is 5.79. The number of hydrogen-bond acceptors (Lipinski definition) is 10. The van der Waals surface area contributed by atoms with E-state index in [4.69, 9.17) is 21.6 Å². The Kier molecular flexibility index (Phi) is 7.71. The molecule has 12 heteroatoms. The molecule has 0 amide bonds. The number of hydrogen-bond donors (Lipinski definition) is 3. The van der Waals surface area contributed by atoms with Gasteiger partial charge in [0.1, 0.15) is 17.0 Å². The normalized spacial score (nSPS) is 13.8. The van der Waals surface area contributed by atoms with E-state index in [0.29, 0.717) is 59.7 Å². The lowest BCUT2D eigenvalue weighted by Gasteiger charge is -2.37. The third-order valence-corrected chi connectivity index (χ3v) is 8.16. The van der Waals surface area contributed by atoms with Crippen LogP contribution in [0.5, 0.6) is 5.75 Å². The van der Waals surface area contributed by atoms with Crippen molar-refractivity contribution in [1.82, 2.24) is 15.0 Å². The Balaban J connectivity index is 1.32. The number of carbonyl (C=O) groups is 1.